The third-order valence-corrected chi connectivity index (χ3v) is 5.61. The van der Waals surface area contributed by atoms with Crippen LogP contribution in [0.4, 0.5) is 0 Å². The number of esters is 1. The van der Waals surface area contributed by atoms with Crippen molar-refractivity contribution in [3.05, 3.63) is 82.2 Å². The second-order valence-electron chi connectivity index (χ2n) is 7.74. The van der Waals surface area contributed by atoms with Crippen LogP contribution in [-0.4, -0.2) is 28.6 Å². The first-order chi connectivity index (χ1) is 14.8. The van der Waals surface area contributed by atoms with Gasteiger partial charge < -0.3 is 14.5 Å². The Balaban J connectivity index is 1.63. The predicted octanol–water partition coefficient (Wildman–Crippen LogP) is 4.89. The number of nitrogens with one attached hydrogen (secondary N) is 1. The number of aromatic nitrogens is 1. The lowest BCUT2D eigenvalue weighted by molar-refractivity contribution is -0.147. The number of Topliss-reactive ketones (excluding diaryl/α,β-unsaturated/α-hetero) is 2. The molecule has 0 fully saturated rings. The SMILES string of the molecule is CC(=O)c1c(C)[nH]c(C(=O)[C@@H](C)OC(=O)C2c3ccccc3Oc3ccccc32)c1C. The number of H-pyrrole nitrogens is 1. The summed E-state index contributed by atoms with van der Waals surface area (Å²) in [6, 6.07) is 14.6. The highest BCUT2D eigenvalue weighted by molar-refractivity contribution is 6.05. The summed E-state index contributed by atoms with van der Waals surface area (Å²) in [6.45, 7) is 6.46. The number of ketones is 2. The van der Waals surface area contributed by atoms with E-state index in [-0.39, 0.29) is 17.3 Å². The van der Waals surface area contributed by atoms with Crippen molar-refractivity contribution in [1.82, 2.24) is 4.98 Å². The molecule has 0 radical (unpaired) electrons. The van der Waals surface area contributed by atoms with Crippen molar-refractivity contribution in [2.75, 3.05) is 0 Å². The van der Waals surface area contributed by atoms with Gasteiger partial charge in [-0.2, -0.15) is 0 Å². The quantitative estimate of drug-likeness (QED) is 0.472. The maximum absolute atomic E-state index is 13.2. The third kappa shape index (κ3) is 3.54. The molecule has 3 aromatic rings. The average molecular weight is 417 g/mol. The van der Waals surface area contributed by atoms with Crippen LogP contribution in [0.2, 0.25) is 0 Å². The van der Waals surface area contributed by atoms with Gasteiger partial charge in [0.2, 0.25) is 5.78 Å². The Bertz CT molecular complexity index is 1160. The second kappa shape index (κ2) is 7.87. The Kier molecular flexibility index (Phi) is 5.23. The summed E-state index contributed by atoms with van der Waals surface area (Å²) in [4.78, 5) is 41.1. The van der Waals surface area contributed by atoms with Crippen molar-refractivity contribution in [2.24, 2.45) is 0 Å². The minimum absolute atomic E-state index is 0.120. The third-order valence-electron chi connectivity index (χ3n) is 5.61. The number of aromatic amines is 1. The Morgan fingerprint density at radius 3 is 2.03 bits per heavy atom. The number of hydrogen-bond donors (Lipinski definition) is 1. The van der Waals surface area contributed by atoms with Gasteiger partial charge in [-0.15, -0.1) is 0 Å². The predicted molar refractivity (Wildman–Crippen MR) is 115 cm³/mol. The fraction of sp³-hybridized carbons (Fsp3) is 0.240. The largest absolute Gasteiger partial charge is 0.457 e. The number of fused-ring (bicyclic) bond motifs is 2. The first kappa shape index (κ1) is 20.6. The normalized spacial score (nSPS) is 13.5. The Labute approximate surface area is 180 Å². The molecular weight excluding hydrogens is 394 g/mol. The standard InChI is InChI=1S/C25H23NO5/c1-13-21(15(3)27)14(2)26-23(13)24(28)16(4)30-25(29)22-17-9-5-7-11-19(17)31-20-12-8-6-10-18(20)22/h5-12,16,22,26H,1-4H3/t16-/m1/s1. The van der Waals surface area contributed by atoms with Gasteiger partial charge in [-0.25, -0.2) is 0 Å². The molecule has 2 heterocycles. The zero-order chi connectivity index (χ0) is 22.3. The minimum Gasteiger partial charge on any atom is -0.457 e. The monoisotopic (exact) mass is 417 g/mol. The van der Waals surface area contributed by atoms with Crippen LogP contribution in [0.3, 0.4) is 0 Å². The minimum atomic E-state index is -1.02. The van der Waals surface area contributed by atoms with Gasteiger partial charge in [0.1, 0.15) is 17.4 Å². The molecule has 0 saturated carbocycles. The summed E-state index contributed by atoms with van der Waals surface area (Å²) in [5.41, 5.74) is 3.36. The average Bonchev–Trinajstić information content (AvgIpc) is 3.05. The maximum Gasteiger partial charge on any atom is 0.318 e. The fourth-order valence-corrected chi connectivity index (χ4v) is 4.19. The van der Waals surface area contributed by atoms with Crippen LogP contribution < -0.4 is 4.74 Å². The van der Waals surface area contributed by atoms with E-state index in [4.69, 9.17) is 9.47 Å². The Hall–Kier alpha value is -3.67. The van der Waals surface area contributed by atoms with Crippen LogP contribution in [0.1, 0.15) is 63.0 Å². The molecule has 0 aliphatic carbocycles. The van der Waals surface area contributed by atoms with E-state index >= 15 is 0 Å². The summed E-state index contributed by atoms with van der Waals surface area (Å²) in [7, 11) is 0. The summed E-state index contributed by atoms with van der Waals surface area (Å²) in [6.07, 6.45) is -1.02. The number of hydrogen-bond acceptors (Lipinski definition) is 5. The molecule has 158 valence electrons. The first-order valence-electron chi connectivity index (χ1n) is 10.1. The molecule has 2 aromatic carbocycles. The molecule has 6 heteroatoms. The lowest BCUT2D eigenvalue weighted by Gasteiger charge is -2.27. The molecule has 6 nitrogen and oxygen atoms in total. The van der Waals surface area contributed by atoms with E-state index in [1.165, 1.54) is 6.92 Å². The molecule has 0 spiro atoms. The zero-order valence-corrected chi connectivity index (χ0v) is 17.8. The zero-order valence-electron chi connectivity index (χ0n) is 17.8. The molecule has 0 saturated heterocycles. The molecule has 1 atom stereocenters. The smallest absolute Gasteiger partial charge is 0.318 e. The van der Waals surface area contributed by atoms with Crippen molar-refractivity contribution in [3.63, 3.8) is 0 Å². The number of rotatable bonds is 5. The number of ether oxygens (including phenoxy) is 2. The van der Waals surface area contributed by atoms with Crippen LogP contribution in [0.5, 0.6) is 11.5 Å². The Morgan fingerprint density at radius 1 is 0.968 bits per heavy atom. The van der Waals surface area contributed by atoms with Gasteiger partial charge in [0.05, 0.1) is 5.69 Å². The molecule has 4 rings (SSSR count). The van der Waals surface area contributed by atoms with E-state index < -0.39 is 18.0 Å². The molecule has 1 aromatic heterocycles. The van der Waals surface area contributed by atoms with Gasteiger partial charge in [0.25, 0.3) is 0 Å². The van der Waals surface area contributed by atoms with Crippen LogP contribution in [0, 0.1) is 13.8 Å². The molecule has 0 bridgehead atoms. The topological polar surface area (TPSA) is 85.5 Å². The van der Waals surface area contributed by atoms with Crippen molar-refractivity contribution < 1.29 is 23.9 Å². The molecule has 1 aliphatic rings. The Morgan fingerprint density at radius 2 is 1.52 bits per heavy atom. The van der Waals surface area contributed by atoms with Crippen LogP contribution in [-0.2, 0) is 9.53 Å². The van der Waals surface area contributed by atoms with E-state index in [2.05, 4.69) is 4.98 Å². The van der Waals surface area contributed by atoms with Crippen molar-refractivity contribution in [1.29, 1.82) is 0 Å². The van der Waals surface area contributed by atoms with E-state index in [0.717, 1.165) is 0 Å². The first-order valence-corrected chi connectivity index (χ1v) is 10.1. The highest BCUT2D eigenvalue weighted by atomic mass is 16.5. The van der Waals surface area contributed by atoms with E-state index in [9.17, 15) is 14.4 Å². The van der Waals surface area contributed by atoms with Gasteiger partial charge in [-0.05, 0) is 45.4 Å². The molecule has 31 heavy (non-hydrogen) atoms. The number of carbonyl (C=O) groups is 3. The van der Waals surface area contributed by atoms with Crippen molar-refractivity contribution >= 4 is 17.5 Å². The van der Waals surface area contributed by atoms with Gasteiger partial charge >= 0.3 is 5.97 Å². The summed E-state index contributed by atoms with van der Waals surface area (Å²) in [5.74, 6) is -0.555. The van der Waals surface area contributed by atoms with Crippen molar-refractivity contribution in [3.8, 4) is 11.5 Å². The molecular formula is C25H23NO5. The van der Waals surface area contributed by atoms with Gasteiger partial charge in [-0.1, -0.05) is 36.4 Å². The molecule has 0 amide bonds. The lowest BCUT2D eigenvalue weighted by Crippen LogP contribution is -2.29. The van der Waals surface area contributed by atoms with Crippen LogP contribution in [0.25, 0.3) is 0 Å². The van der Waals surface area contributed by atoms with Gasteiger partial charge in [0.15, 0.2) is 11.9 Å². The van der Waals surface area contributed by atoms with E-state index in [1.54, 1.807) is 32.9 Å². The van der Waals surface area contributed by atoms with E-state index in [0.29, 0.717) is 39.4 Å². The van der Waals surface area contributed by atoms with Gasteiger partial charge in [-0.3, -0.25) is 14.4 Å². The van der Waals surface area contributed by atoms with E-state index in [1.807, 2.05) is 36.4 Å². The highest BCUT2D eigenvalue weighted by Crippen LogP contribution is 2.44. The molecule has 0 unspecified atom stereocenters. The number of benzene rings is 2. The molecule has 1 aliphatic heterocycles. The number of para-hydroxylation sites is 2. The number of aryl methyl sites for hydroxylation is 1. The summed E-state index contributed by atoms with van der Waals surface area (Å²) < 4.78 is 11.6. The number of carbonyl (C=O) groups excluding carboxylic acids is 3. The maximum atomic E-state index is 13.2. The highest BCUT2D eigenvalue weighted by Gasteiger charge is 2.36. The lowest BCUT2D eigenvalue weighted by atomic mass is 9.88. The summed E-state index contributed by atoms with van der Waals surface area (Å²) >= 11 is 0. The van der Waals surface area contributed by atoms with Crippen molar-refractivity contribution in [2.45, 2.75) is 39.7 Å². The summed E-state index contributed by atoms with van der Waals surface area (Å²) in [5, 5.41) is 0. The second-order valence-corrected chi connectivity index (χ2v) is 7.74. The fourth-order valence-electron chi connectivity index (χ4n) is 4.19. The van der Waals surface area contributed by atoms with Crippen LogP contribution >= 0.6 is 0 Å². The van der Waals surface area contributed by atoms with Gasteiger partial charge in [0, 0.05) is 22.4 Å². The molecule has 1 N–H and O–H groups in total. The van der Waals surface area contributed by atoms with Crippen LogP contribution in [0.15, 0.2) is 48.5 Å².